The van der Waals surface area contributed by atoms with Gasteiger partial charge in [-0.2, -0.15) is 13.2 Å². The van der Waals surface area contributed by atoms with Crippen LogP contribution in [0.3, 0.4) is 0 Å². The normalized spacial score (nSPS) is 18.7. The van der Waals surface area contributed by atoms with Gasteiger partial charge in [-0.05, 0) is 54.8 Å². The van der Waals surface area contributed by atoms with Gasteiger partial charge in [0.2, 0.25) is 0 Å². The number of carbonyl (C=O) groups is 1. The molecule has 3 unspecified atom stereocenters. The van der Waals surface area contributed by atoms with Crippen molar-refractivity contribution in [1.29, 1.82) is 0 Å². The maximum absolute atomic E-state index is 13.8. The van der Waals surface area contributed by atoms with Gasteiger partial charge in [-0.1, -0.05) is 6.92 Å². The van der Waals surface area contributed by atoms with Gasteiger partial charge in [0, 0.05) is 18.5 Å². The highest BCUT2D eigenvalue weighted by molar-refractivity contribution is 5.91. The highest BCUT2D eigenvalue weighted by Crippen LogP contribution is 2.44. The molecule has 3 aromatic rings. The molecule has 1 aromatic heterocycles. The summed E-state index contributed by atoms with van der Waals surface area (Å²) >= 11 is 0. The van der Waals surface area contributed by atoms with Gasteiger partial charge >= 0.3 is 12.3 Å². The van der Waals surface area contributed by atoms with Crippen molar-refractivity contribution in [2.45, 2.75) is 50.9 Å². The van der Waals surface area contributed by atoms with Crippen LogP contribution in [0.25, 0.3) is 0 Å². The van der Waals surface area contributed by atoms with E-state index in [9.17, 15) is 23.1 Å². The van der Waals surface area contributed by atoms with Crippen molar-refractivity contribution in [3.63, 3.8) is 0 Å². The monoisotopic (exact) mass is 560 g/mol. The number of methoxy groups -OCH3 is 2. The lowest BCUT2D eigenvalue weighted by Crippen LogP contribution is -2.57. The third-order valence-electron chi connectivity index (χ3n) is 6.92. The molecule has 0 saturated carbocycles. The lowest BCUT2D eigenvalue weighted by Gasteiger charge is -2.43. The van der Waals surface area contributed by atoms with Crippen molar-refractivity contribution in [2.75, 3.05) is 25.7 Å². The Morgan fingerprint density at radius 2 is 1.77 bits per heavy atom. The van der Waals surface area contributed by atoms with E-state index >= 15 is 0 Å². The van der Waals surface area contributed by atoms with Crippen LogP contribution in [0.15, 0.2) is 42.6 Å². The van der Waals surface area contributed by atoms with Crippen molar-refractivity contribution in [3.8, 4) is 17.2 Å². The molecule has 12 heteroatoms. The number of ether oxygens (including phenoxy) is 3. The summed E-state index contributed by atoms with van der Waals surface area (Å²) in [7, 11) is 3.03. The molecule has 2 aromatic carbocycles. The van der Waals surface area contributed by atoms with Crippen molar-refractivity contribution < 1.29 is 37.3 Å². The highest BCUT2D eigenvalue weighted by atomic mass is 19.4. The topological polar surface area (TPSA) is 120 Å². The van der Waals surface area contributed by atoms with Gasteiger partial charge in [-0.3, -0.25) is 4.90 Å². The van der Waals surface area contributed by atoms with Crippen molar-refractivity contribution in [1.82, 2.24) is 9.97 Å². The molecule has 3 N–H and O–H groups in total. The van der Waals surface area contributed by atoms with Gasteiger partial charge in [0.15, 0.2) is 5.75 Å². The van der Waals surface area contributed by atoms with Gasteiger partial charge < -0.3 is 25.1 Å². The number of fused-ring (bicyclic) bond motifs is 1. The number of hydrogen-bond acceptors (Lipinski definition) is 8. The van der Waals surface area contributed by atoms with Gasteiger partial charge in [-0.25, -0.2) is 14.8 Å². The zero-order valence-electron chi connectivity index (χ0n) is 22.5. The summed E-state index contributed by atoms with van der Waals surface area (Å²) in [5.74, 6) is 0.0935. The average molecular weight is 561 g/mol. The standard InChI is InChI=1S/C28H31F3N4O5/c1-5-21-25(32)24(19-12-16(28(29,30)31)7-8-22(19)35(21)27(37)40-6-2)26-33-14-23(36)20(34-26)11-15-9-17(38-3)13-18(10-15)39-4/h7-10,12-14,21,24-25,36H,5-6,11,32H2,1-4H3. The summed E-state index contributed by atoms with van der Waals surface area (Å²) in [4.78, 5) is 23.1. The SMILES string of the molecule is CCOC(=O)N1c2ccc(C(F)(F)F)cc2C(c2ncc(O)c(Cc3cc(OC)cc(OC)c3)n2)C(N)C1CC. The number of halogens is 3. The number of aromatic hydroxyl groups is 1. The first-order chi connectivity index (χ1) is 19.0. The minimum Gasteiger partial charge on any atom is -0.504 e. The third-order valence-corrected chi connectivity index (χ3v) is 6.92. The van der Waals surface area contributed by atoms with Crippen LogP contribution in [0.5, 0.6) is 17.2 Å². The van der Waals surface area contributed by atoms with Crippen LogP contribution < -0.4 is 20.1 Å². The van der Waals surface area contributed by atoms with Crippen LogP contribution in [0.1, 0.15) is 54.4 Å². The molecular weight excluding hydrogens is 529 g/mol. The number of benzene rings is 2. The molecule has 1 aliphatic rings. The number of nitrogens with two attached hydrogens (primary N) is 1. The van der Waals surface area contributed by atoms with Gasteiger partial charge in [0.25, 0.3) is 0 Å². The number of hydrogen-bond donors (Lipinski definition) is 2. The lowest BCUT2D eigenvalue weighted by molar-refractivity contribution is -0.137. The van der Waals surface area contributed by atoms with Crippen LogP contribution in [-0.4, -0.2) is 54.1 Å². The molecule has 40 heavy (non-hydrogen) atoms. The van der Waals surface area contributed by atoms with Crippen LogP contribution >= 0.6 is 0 Å². The van der Waals surface area contributed by atoms with E-state index in [1.165, 1.54) is 31.4 Å². The summed E-state index contributed by atoms with van der Waals surface area (Å²) < 4.78 is 57.2. The van der Waals surface area contributed by atoms with Crippen LogP contribution in [0.2, 0.25) is 0 Å². The fourth-order valence-corrected chi connectivity index (χ4v) is 5.04. The molecule has 0 saturated heterocycles. The summed E-state index contributed by atoms with van der Waals surface area (Å²) in [5.41, 5.74) is 7.10. The smallest absolute Gasteiger partial charge is 0.416 e. The summed E-state index contributed by atoms with van der Waals surface area (Å²) in [6.07, 6.45) is -3.59. The first kappa shape index (κ1) is 28.9. The number of amides is 1. The average Bonchev–Trinajstić information content (AvgIpc) is 2.92. The Bertz CT molecular complexity index is 1360. The Balaban J connectivity index is 1.85. The lowest BCUT2D eigenvalue weighted by atomic mass is 9.79. The van der Waals surface area contributed by atoms with E-state index in [1.807, 2.05) is 6.92 Å². The zero-order chi connectivity index (χ0) is 29.2. The van der Waals surface area contributed by atoms with Crippen LogP contribution in [-0.2, 0) is 17.3 Å². The second-order valence-electron chi connectivity index (χ2n) is 9.33. The molecular formula is C28H31F3N4O5. The molecule has 0 fully saturated rings. The predicted molar refractivity (Wildman–Crippen MR) is 141 cm³/mol. The number of nitrogens with zero attached hydrogens (tertiary/aromatic N) is 3. The second-order valence-corrected chi connectivity index (χ2v) is 9.33. The molecule has 1 amide bonds. The Morgan fingerprint density at radius 1 is 1.10 bits per heavy atom. The first-order valence-corrected chi connectivity index (χ1v) is 12.7. The molecule has 3 atom stereocenters. The Kier molecular flexibility index (Phi) is 8.38. The van der Waals surface area contributed by atoms with E-state index in [-0.39, 0.29) is 41.5 Å². The number of rotatable bonds is 7. The molecule has 2 heterocycles. The summed E-state index contributed by atoms with van der Waals surface area (Å²) in [6, 6.07) is 6.87. The maximum Gasteiger partial charge on any atom is 0.416 e. The van der Waals surface area contributed by atoms with E-state index in [0.717, 1.165) is 12.1 Å². The third kappa shape index (κ3) is 5.62. The van der Waals surface area contributed by atoms with E-state index in [1.54, 1.807) is 25.1 Å². The van der Waals surface area contributed by atoms with Gasteiger partial charge in [-0.15, -0.1) is 0 Å². The van der Waals surface area contributed by atoms with Crippen molar-refractivity contribution >= 4 is 11.8 Å². The quantitative estimate of drug-likeness (QED) is 0.413. The van der Waals surface area contributed by atoms with E-state index in [0.29, 0.717) is 23.5 Å². The van der Waals surface area contributed by atoms with Gasteiger partial charge in [0.05, 0.1) is 55.9 Å². The fraction of sp³-hybridized carbons (Fsp3) is 0.393. The Morgan fingerprint density at radius 3 is 2.35 bits per heavy atom. The maximum atomic E-state index is 13.8. The minimum atomic E-state index is -4.63. The number of aromatic nitrogens is 2. The molecule has 0 bridgehead atoms. The summed E-state index contributed by atoms with van der Waals surface area (Å²) in [5, 5.41) is 10.6. The molecule has 214 valence electrons. The minimum absolute atomic E-state index is 0.0832. The Labute approximate surface area is 229 Å². The Hall–Kier alpha value is -4.06. The molecule has 0 spiro atoms. The molecule has 0 radical (unpaired) electrons. The first-order valence-electron chi connectivity index (χ1n) is 12.7. The number of alkyl halides is 3. The van der Waals surface area contributed by atoms with E-state index in [2.05, 4.69) is 9.97 Å². The molecule has 0 aliphatic carbocycles. The largest absolute Gasteiger partial charge is 0.504 e. The van der Waals surface area contributed by atoms with Crippen molar-refractivity contribution in [3.05, 3.63) is 70.8 Å². The van der Waals surface area contributed by atoms with Gasteiger partial charge in [0.1, 0.15) is 17.3 Å². The molecule has 1 aliphatic heterocycles. The van der Waals surface area contributed by atoms with Crippen molar-refractivity contribution in [2.24, 2.45) is 5.73 Å². The predicted octanol–water partition coefficient (Wildman–Crippen LogP) is 5.02. The fourth-order valence-electron chi connectivity index (χ4n) is 5.04. The second kappa shape index (κ2) is 11.6. The van der Waals surface area contributed by atoms with Crippen LogP contribution in [0, 0.1) is 0 Å². The molecule has 4 rings (SSSR count). The number of carbonyl (C=O) groups excluding carboxylic acids is 1. The number of anilines is 1. The zero-order valence-corrected chi connectivity index (χ0v) is 22.5. The highest BCUT2D eigenvalue weighted by Gasteiger charge is 2.45. The van der Waals surface area contributed by atoms with E-state index in [4.69, 9.17) is 19.9 Å². The van der Waals surface area contributed by atoms with Crippen LogP contribution in [0.4, 0.5) is 23.7 Å². The summed E-state index contributed by atoms with van der Waals surface area (Å²) in [6.45, 7) is 3.55. The van der Waals surface area contributed by atoms with E-state index < -0.39 is 35.8 Å². The molecule has 9 nitrogen and oxygen atoms in total.